The standard InChI is InChI=1S/C20H17F2N5S/c1-12-4-5-13(10-23)7-15(12)18-26-27-19(28-18)25-11-20(8-14(21)9-20)17-16(22)3-2-6-24-17/h2-7,14H,8-9,11H2,1H3,(H,25,27)/t14-,20-. The van der Waals surface area contributed by atoms with Crippen LogP contribution in [0.15, 0.2) is 36.5 Å². The zero-order valence-electron chi connectivity index (χ0n) is 15.1. The van der Waals surface area contributed by atoms with Crippen molar-refractivity contribution in [2.24, 2.45) is 0 Å². The van der Waals surface area contributed by atoms with Gasteiger partial charge in [0.1, 0.15) is 17.0 Å². The molecule has 0 radical (unpaired) electrons. The highest BCUT2D eigenvalue weighted by Crippen LogP contribution is 2.45. The summed E-state index contributed by atoms with van der Waals surface area (Å²) in [6, 6.07) is 10.4. The number of benzene rings is 1. The van der Waals surface area contributed by atoms with Gasteiger partial charge in [0.2, 0.25) is 5.13 Å². The smallest absolute Gasteiger partial charge is 0.206 e. The molecule has 0 saturated heterocycles. The first-order valence-electron chi connectivity index (χ1n) is 8.84. The van der Waals surface area contributed by atoms with Crippen molar-refractivity contribution in [1.82, 2.24) is 15.2 Å². The number of nitriles is 1. The number of rotatable bonds is 5. The van der Waals surface area contributed by atoms with Gasteiger partial charge in [-0.1, -0.05) is 17.4 Å². The molecular weight excluding hydrogens is 380 g/mol. The van der Waals surface area contributed by atoms with Gasteiger partial charge in [-0.15, -0.1) is 10.2 Å². The molecule has 0 amide bonds. The second-order valence-corrected chi connectivity index (χ2v) is 8.00. The van der Waals surface area contributed by atoms with Gasteiger partial charge >= 0.3 is 0 Å². The Balaban J connectivity index is 1.55. The van der Waals surface area contributed by atoms with Gasteiger partial charge in [-0.25, -0.2) is 8.78 Å². The van der Waals surface area contributed by atoms with Gasteiger partial charge in [-0.05, 0) is 49.6 Å². The van der Waals surface area contributed by atoms with Gasteiger partial charge in [-0.3, -0.25) is 4.98 Å². The Kier molecular flexibility index (Phi) is 4.77. The molecule has 2 heterocycles. The minimum absolute atomic E-state index is 0.225. The minimum Gasteiger partial charge on any atom is -0.359 e. The average Bonchev–Trinajstić information content (AvgIpc) is 3.14. The van der Waals surface area contributed by atoms with Gasteiger partial charge in [-0.2, -0.15) is 5.26 Å². The van der Waals surface area contributed by atoms with E-state index in [0.717, 1.165) is 11.1 Å². The zero-order valence-corrected chi connectivity index (χ0v) is 15.9. The normalized spacial score (nSPS) is 21.0. The summed E-state index contributed by atoms with van der Waals surface area (Å²) in [6.45, 7) is 2.27. The van der Waals surface area contributed by atoms with E-state index < -0.39 is 17.4 Å². The van der Waals surface area contributed by atoms with Crippen LogP contribution in [-0.4, -0.2) is 27.9 Å². The molecule has 8 heteroatoms. The summed E-state index contributed by atoms with van der Waals surface area (Å²) in [6.07, 6.45) is 1.02. The fourth-order valence-corrected chi connectivity index (χ4v) is 4.38. The Morgan fingerprint density at radius 3 is 2.86 bits per heavy atom. The minimum atomic E-state index is -0.954. The molecule has 1 aromatic carbocycles. The SMILES string of the molecule is Cc1ccc(C#N)cc1-c1nnc(NC[C@]2(c3ncccc3F)C[C@H](F)C2)s1. The molecule has 2 aromatic heterocycles. The van der Waals surface area contributed by atoms with Crippen molar-refractivity contribution in [2.75, 3.05) is 11.9 Å². The topological polar surface area (TPSA) is 74.5 Å². The van der Waals surface area contributed by atoms with E-state index >= 15 is 0 Å². The van der Waals surface area contributed by atoms with Crippen LogP contribution >= 0.6 is 11.3 Å². The average molecular weight is 397 g/mol. The third kappa shape index (κ3) is 3.34. The van der Waals surface area contributed by atoms with Gasteiger partial charge < -0.3 is 5.32 Å². The van der Waals surface area contributed by atoms with Crippen LogP contribution in [0.4, 0.5) is 13.9 Å². The lowest BCUT2D eigenvalue weighted by molar-refractivity contribution is 0.0965. The van der Waals surface area contributed by atoms with Crippen LogP contribution in [0.25, 0.3) is 10.6 Å². The molecule has 0 aliphatic heterocycles. The predicted molar refractivity (Wildman–Crippen MR) is 103 cm³/mol. The monoisotopic (exact) mass is 397 g/mol. The first kappa shape index (κ1) is 18.4. The summed E-state index contributed by atoms with van der Waals surface area (Å²) in [5.41, 5.74) is 2.00. The lowest BCUT2D eigenvalue weighted by Crippen LogP contribution is -2.48. The van der Waals surface area contributed by atoms with Crippen molar-refractivity contribution in [3.05, 3.63) is 59.2 Å². The molecule has 1 saturated carbocycles. The van der Waals surface area contributed by atoms with Gasteiger partial charge in [0, 0.05) is 23.7 Å². The summed E-state index contributed by atoms with van der Waals surface area (Å²) in [5, 5.41) is 21.9. The highest BCUT2D eigenvalue weighted by atomic mass is 32.1. The van der Waals surface area contributed by atoms with E-state index in [1.807, 2.05) is 13.0 Å². The lowest BCUT2D eigenvalue weighted by atomic mass is 9.65. The van der Waals surface area contributed by atoms with Gasteiger partial charge in [0.15, 0.2) is 0 Å². The van der Waals surface area contributed by atoms with E-state index in [4.69, 9.17) is 5.26 Å². The van der Waals surface area contributed by atoms with E-state index in [9.17, 15) is 8.78 Å². The summed E-state index contributed by atoms with van der Waals surface area (Å²) in [7, 11) is 0. The Labute approximate surface area is 165 Å². The molecule has 0 spiro atoms. The van der Waals surface area contributed by atoms with Crippen molar-refractivity contribution in [2.45, 2.75) is 31.4 Å². The van der Waals surface area contributed by atoms with Crippen LogP contribution in [0.5, 0.6) is 0 Å². The first-order valence-corrected chi connectivity index (χ1v) is 9.66. The van der Waals surface area contributed by atoms with Crippen LogP contribution < -0.4 is 5.32 Å². The maximum absolute atomic E-state index is 14.2. The quantitative estimate of drug-likeness (QED) is 0.691. The summed E-state index contributed by atoms with van der Waals surface area (Å²) >= 11 is 1.34. The lowest BCUT2D eigenvalue weighted by Gasteiger charge is -2.43. The van der Waals surface area contributed by atoms with E-state index in [1.165, 1.54) is 29.7 Å². The molecule has 0 unspecified atom stereocenters. The Hall–Kier alpha value is -2.92. The molecule has 1 fully saturated rings. The third-order valence-corrected chi connectivity index (χ3v) is 6.00. The Bertz CT molecular complexity index is 1050. The predicted octanol–water partition coefficient (Wildman–Crippen LogP) is 4.40. The van der Waals surface area contributed by atoms with E-state index in [-0.39, 0.29) is 12.8 Å². The largest absolute Gasteiger partial charge is 0.359 e. The summed E-state index contributed by atoms with van der Waals surface area (Å²) in [4.78, 5) is 4.16. The highest BCUT2D eigenvalue weighted by molar-refractivity contribution is 7.18. The number of anilines is 1. The maximum atomic E-state index is 14.2. The third-order valence-electron chi connectivity index (χ3n) is 5.09. The molecule has 0 bridgehead atoms. The van der Waals surface area contributed by atoms with Crippen molar-refractivity contribution in [1.29, 1.82) is 5.26 Å². The number of aromatic nitrogens is 3. The number of hydrogen-bond acceptors (Lipinski definition) is 6. The Morgan fingerprint density at radius 1 is 1.32 bits per heavy atom. The highest BCUT2D eigenvalue weighted by Gasteiger charge is 2.48. The second-order valence-electron chi connectivity index (χ2n) is 7.03. The van der Waals surface area contributed by atoms with Crippen molar-refractivity contribution < 1.29 is 8.78 Å². The van der Waals surface area contributed by atoms with Gasteiger partial charge in [0.05, 0.1) is 17.3 Å². The molecule has 142 valence electrons. The molecular formula is C20H17F2N5S. The molecule has 3 aromatic rings. The number of alkyl halides is 1. The fourth-order valence-electron chi connectivity index (χ4n) is 3.56. The molecule has 1 N–H and O–H groups in total. The second kappa shape index (κ2) is 7.24. The number of hydrogen-bond donors (Lipinski definition) is 1. The molecule has 1 aliphatic rings. The fraction of sp³-hybridized carbons (Fsp3) is 0.300. The summed E-state index contributed by atoms with van der Waals surface area (Å²) < 4.78 is 27.9. The van der Waals surface area contributed by atoms with Crippen molar-refractivity contribution in [3.8, 4) is 16.6 Å². The molecule has 0 atom stereocenters. The van der Waals surface area contributed by atoms with Crippen LogP contribution in [0.3, 0.4) is 0 Å². The number of pyridine rings is 1. The van der Waals surface area contributed by atoms with Crippen molar-refractivity contribution >= 4 is 16.5 Å². The van der Waals surface area contributed by atoms with E-state index in [0.29, 0.717) is 27.9 Å². The number of nitrogens with one attached hydrogen (secondary N) is 1. The molecule has 28 heavy (non-hydrogen) atoms. The number of aryl methyl sites for hydroxylation is 1. The zero-order chi connectivity index (χ0) is 19.7. The van der Waals surface area contributed by atoms with Crippen LogP contribution in [0.2, 0.25) is 0 Å². The molecule has 5 nitrogen and oxygen atoms in total. The van der Waals surface area contributed by atoms with E-state index in [2.05, 4.69) is 26.6 Å². The maximum Gasteiger partial charge on any atom is 0.206 e. The van der Waals surface area contributed by atoms with E-state index in [1.54, 1.807) is 12.1 Å². The summed E-state index contributed by atoms with van der Waals surface area (Å²) in [5.74, 6) is -0.418. The van der Waals surface area contributed by atoms with Crippen LogP contribution in [0, 0.1) is 24.1 Å². The van der Waals surface area contributed by atoms with Crippen LogP contribution in [0.1, 0.15) is 29.7 Å². The molecule has 1 aliphatic carbocycles. The number of halogens is 2. The Morgan fingerprint density at radius 2 is 2.14 bits per heavy atom. The van der Waals surface area contributed by atoms with Crippen molar-refractivity contribution in [3.63, 3.8) is 0 Å². The van der Waals surface area contributed by atoms with Gasteiger partial charge in [0.25, 0.3) is 0 Å². The first-order chi connectivity index (χ1) is 13.5. The molecule has 4 rings (SSSR count). The number of nitrogens with zero attached hydrogens (tertiary/aromatic N) is 4. The van der Waals surface area contributed by atoms with Crippen LogP contribution in [-0.2, 0) is 5.41 Å².